The summed E-state index contributed by atoms with van der Waals surface area (Å²) < 4.78 is 0. The number of aryl methyl sites for hydroxylation is 2. The minimum atomic E-state index is 0.819. The number of nitrogens with two attached hydrogens (primary N) is 2. The zero-order valence-electron chi connectivity index (χ0n) is 15.1. The van der Waals surface area contributed by atoms with E-state index in [0.29, 0.717) is 0 Å². The van der Waals surface area contributed by atoms with Crippen molar-refractivity contribution in [2.75, 3.05) is 11.5 Å². The minimum absolute atomic E-state index is 0.819. The second-order valence-electron chi connectivity index (χ2n) is 6.89. The molecule has 0 radical (unpaired) electrons. The highest BCUT2D eigenvalue weighted by molar-refractivity contribution is 6.26. The monoisotopic (exact) mass is 338 g/mol. The van der Waals surface area contributed by atoms with Gasteiger partial charge in [-0.05, 0) is 47.5 Å². The van der Waals surface area contributed by atoms with Crippen LogP contribution in [0, 0.1) is 13.8 Å². The van der Waals surface area contributed by atoms with Crippen molar-refractivity contribution < 1.29 is 0 Å². The predicted molar refractivity (Wildman–Crippen MR) is 115 cm³/mol. The van der Waals surface area contributed by atoms with Gasteiger partial charge in [-0.1, -0.05) is 71.8 Å². The Labute approximate surface area is 153 Å². The van der Waals surface area contributed by atoms with Crippen LogP contribution < -0.4 is 11.5 Å². The highest BCUT2D eigenvalue weighted by Crippen LogP contribution is 2.38. The number of hydrogen-bond donors (Lipinski definition) is 2. The van der Waals surface area contributed by atoms with Crippen LogP contribution in [0.1, 0.15) is 11.1 Å². The number of nitrogen functional groups attached to an aromatic ring is 2. The first-order valence-electron chi connectivity index (χ1n) is 8.79. The van der Waals surface area contributed by atoms with Gasteiger partial charge in [-0.25, -0.2) is 0 Å². The normalized spacial score (nSPS) is 11.0. The lowest BCUT2D eigenvalue weighted by atomic mass is 9.93. The lowest BCUT2D eigenvalue weighted by molar-refractivity contribution is 1.39. The predicted octanol–water partition coefficient (Wildman–Crippen LogP) is 6.05. The summed E-state index contributed by atoms with van der Waals surface area (Å²) in [6.07, 6.45) is 0. The molecular formula is C24H22N2. The Hall–Kier alpha value is -3.26. The molecule has 2 nitrogen and oxygen atoms in total. The van der Waals surface area contributed by atoms with Crippen molar-refractivity contribution in [1.29, 1.82) is 0 Å². The lowest BCUT2D eigenvalue weighted by Gasteiger charge is -2.13. The minimum Gasteiger partial charge on any atom is -0.398 e. The van der Waals surface area contributed by atoms with Gasteiger partial charge in [0.05, 0.1) is 0 Å². The maximum atomic E-state index is 6.07. The van der Waals surface area contributed by atoms with Crippen LogP contribution in [0.3, 0.4) is 0 Å². The summed E-state index contributed by atoms with van der Waals surface area (Å²) in [4.78, 5) is 0. The van der Waals surface area contributed by atoms with Crippen LogP contribution >= 0.6 is 0 Å². The van der Waals surface area contributed by atoms with E-state index >= 15 is 0 Å². The molecule has 0 amide bonds. The first kappa shape index (κ1) is 16.2. The summed E-state index contributed by atoms with van der Waals surface area (Å²) in [6.45, 7) is 4.21. The molecule has 4 N–H and O–H groups in total. The largest absolute Gasteiger partial charge is 0.398 e. The summed E-state index contributed by atoms with van der Waals surface area (Å²) in [6, 6.07) is 24.9. The Morgan fingerprint density at radius 3 is 1.35 bits per heavy atom. The van der Waals surface area contributed by atoms with Gasteiger partial charge in [-0.15, -0.1) is 0 Å². The summed E-state index contributed by atoms with van der Waals surface area (Å²) in [5, 5.41) is 7.08. The maximum Gasteiger partial charge on any atom is 0.0394 e. The van der Waals surface area contributed by atoms with Crippen molar-refractivity contribution in [3.63, 3.8) is 0 Å². The molecule has 5 aromatic carbocycles. The quantitative estimate of drug-likeness (QED) is 0.267. The first-order valence-corrected chi connectivity index (χ1v) is 8.79. The molecule has 5 rings (SSSR count). The molecule has 0 aliphatic rings. The van der Waals surface area contributed by atoms with E-state index in [9.17, 15) is 0 Å². The summed E-state index contributed by atoms with van der Waals surface area (Å²) in [5.74, 6) is 0. The molecule has 0 atom stereocenters. The average molecular weight is 338 g/mol. The zero-order chi connectivity index (χ0) is 18.3. The van der Waals surface area contributed by atoms with Gasteiger partial charge < -0.3 is 11.5 Å². The maximum absolute atomic E-state index is 6.07. The fraction of sp³-hybridized carbons (Fsp3) is 0.0833. The molecule has 0 fully saturated rings. The molecule has 0 heterocycles. The summed E-state index contributed by atoms with van der Waals surface area (Å²) in [7, 11) is 0. The fourth-order valence-corrected chi connectivity index (χ4v) is 3.65. The number of benzene rings is 5. The Morgan fingerprint density at radius 2 is 0.962 bits per heavy atom. The Bertz CT molecular complexity index is 1130. The summed E-state index contributed by atoms with van der Waals surface area (Å²) in [5.41, 5.74) is 16.5. The van der Waals surface area contributed by atoms with Gasteiger partial charge in [-0.2, -0.15) is 0 Å². The van der Waals surface area contributed by atoms with Crippen LogP contribution in [0.4, 0.5) is 11.4 Å². The van der Waals surface area contributed by atoms with E-state index < -0.39 is 0 Å². The van der Waals surface area contributed by atoms with Crippen LogP contribution in [0.2, 0.25) is 0 Å². The highest BCUT2D eigenvalue weighted by Gasteiger charge is 2.10. The van der Waals surface area contributed by atoms with Crippen LogP contribution in [0.15, 0.2) is 72.8 Å². The molecule has 128 valence electrons. The van der Waals surface area contributed by atoms with Gasteiger partial charge in [0, 0.05) is 22.1 Å². The molecular weight excluding hydrogens is 316 g/mol. The lowest BCUT2D eigenvalue weighted by Crippen LogP contribution is -1.92. The standard InChI is InChI=1S/C16H12N2.C8H10/c17-13-8-4-10-2-6-12-14(18)7-3-9-1-5-11(13)16(10)15(9)12;1-7-4-3-5-8(2)6-7/h1-8H,17-18H2;3-6H,1-2H3. The molecule has 0 saturated heterocycles. The highest BCUT2D eigenvalue weighted by atomic mass is 14.6. The van der Waals surface area contributed by atoms with Crippen molar-refractivity contribution in [2.45, 2.75) is 13.8 Å². The van der Waals surface area contributed by atoms with Gasteiger partial charge >= 0.3 is 0 Å². The molecule has 26 heavy (non-hydrogen) atoms. The fourth-order valence-electron chi connectivity index (χ4n) is 3.65. The van der Waals surface area contributed by atoms with E-state index in [-0.39, 0.29) is 0 Å². The number of hydrogen-bond acceptors (Lipinski definition) is 2. The van der Waals surface area contributed by atoms with E-state index in [1.54, 1.807) is 0 Å². The molecule has 0 bridgehead atoms. The van der Waals surface area contributed by atoms with Crippen molar-refractivity contribution in [2.24, 2.45) is 0 Å². The van der Waals surface area contributed by atoms with Gasteiger partial charge in [0.15, 0.2) is 0 Å². The molecule has 5 aromatic rings. The summed E-state index contributed by atoms with van der Waals surface area (Å²) >= 11 is 0. The molecule has 0 unspecified atom stereocenters. The average Bonchev–Trinajstić information content (AvgIpc) is 2.63. The van der Waals surface area contributed by atoms with Crippen LogP contribution in [0.5, 0.6) is 0 Å². The third-order valence-electron chi connectivity index (χ3n) is 4.91. The first-order chi connectivity index (χ1) is 12.5. The van der Waals surface area contributed by atoms with Crippen molar-refractivity contribution >= 4 is 43.7 Å². The smallest absolute Gasteiger partial charge is 0.0394 e. The van der Waals surface area contributed by atoms with E-state index in [1.807, 2.05) is 12.1 Å². The topological polar surface area (TPSA) is 52.0 Å². The molecule has 0 spiro atoms. The number of anilines is 2. The second-order valence-corrected chi connectivity index (χ2v) is 6.89. The van der Waals surface area contributed by atoms with Gasteiger partial charge in [-0.3, -0.25) is 0 Å². The van der Waals surface area contributed by atoms with E-state index in [1.165, 1.54) is 32.7 Å². The molecule has 0 aliphatic heterocycles. The van der Waals surface area contributed by atoms with E-state index in [4.69, 9.17) is 11.5 Å². The molecule has 0 aromatic heterocycles. The van der Waals surface area contributed by atoms with Gasteiger partial charge in [0.25, 0.3) is 0 Å². The van der Waals surface area contributed by atoms with Crippen molar-refractivity contribution in [3.05, 3.63) is 83.9 Å². The third-order valence-corrected chi connectivity index (χ3v) is 4.91. The van der Waals surface area contributed by atoms with Crippen LogP contribution in [0.25, 0.3) is 32.3 Å². The van der Waals surface area contributed by atoms with E-state index in [0.717, 1.165) is 22.1 Å². The number of rotatable bonds is 0. The van der Waals surface area contributed by atoms with Crippen LogP contribution in [-0.2, 0) is 0 Å². The van der Waals surface area contributed by atoms with E-state index in [2.05, 4.69) is 74.5 Å². The van der Waals surface area contributed by atoms with Gasteiger partial charge in [0.2, 0.25) is 0 Å². The molecule has 0 saturated carbocycles. The Kier molecular flexibility index (Phi) is 3.89. The second kappa shape index (κ2) is 6.23. The van der Waals surface area contributed by atoms with Gasteiger partial charge in [0.1, 0.15) is 0 Å². The zero-order valence-corrected chi connectivity index (χ0v) is 15.1. The van der Waals surface area contributed by atoms with Crippen LogP contribution in [-0.4, -0.2) is 0 Å². The third kappa shape index (κ3) is 2.70. The molecule has 2 heteroatoms. The van der Waals surface area contributed by atoms with Crippen molar-refractivity contribution in [3.8, 4) is 0 Å². The Morgan fingerprint density at radius 1 is 0.538 bits per heavy atom. The molecule has 0 aliphatic carbocycles. The SMILES string of the molecule is Cc1cccc(C)c1.Nc1ccc2ccc3c(N)ccc4ccc1c2c43. The Balaban J connectivity index is 0.000000178. The van der Waals surface area contributed by atoms with Crippen molar-refractivity contribution in [1.82, 2.24) is 0 Å².